The van der Waals surface area contributed by atoms with E-state index in [1.165, 1.54) is 0 Å². The Bertz CT molecular complexity index is 383. The summed E-state index contributed by atoms with van der Waals surface area (Å²) in [5, 5.41) is 13.5. The highest BCUT2D eigenvalue weighted by atomic mass is 35.5. The Morgan fingerprint density at radius 2 is 2.11 bits per heavy atom. The number of hydrogen-bond acceptors (Lipinski definition) is 3. The summed E-state index contributed by atoms with van der Waals surface area (Å²) in [7, 11) is 0. The molecular weight excluding hydrogens is 273 g/mol. The minimum atomic E-state index is -0.381. The highest BCUT2D eigenvalue weighted by molar-refractivity contribution is 6.35. The smallest absolute Gasteiger partial charge is 0.142 e. The molecule has 2 N–H and O–H groups in total. The third-order valence-corrected chi connectivity index (χ3v) is 2.93. The van der Waals surface area contributed by atoms with Gasteiger partial charge in [-0.05, 0) is 25.6 Å². The molecule has 0 spiro atoms. The molecule has 1 aromatic carbocycles. The lowest BCUT2D eigenvalue weighted by atomic mass is 10.2. The van der Waals surface area contributed by atoms with Crippen LogP contribution in [-0.4, -0.2) is 24.4 Å². The predicted octanol–water partition coefficient (Wildman–Crippen LogP) is 3.25. The average molecular weight is 292 g/mol. The van der Waals surface area contributed by atoms with Gasteiger partial charge in [-0.1, -0.05) is 30.1 Å². The number of ether oxygens (including phenoxy) is 1. The van der Waals surface area contributed by atoms with Gasteiger partial charge in [0.25, 0.3) is 0 Å². The molecule has 1 rings (SSSR count). The van der Waals surface area contributed by atoms with Gasteiger partial charge in [0.2, 0.25) is 0 Å². The molecule has 0 radical (unpaired) electrons. The maximum absolute atomic E-state index is 9.21. The minimum Gasteiger partial charge on any atom is -0.492 e. The van der Waals surface area contributed by atoms with Crippen molar-refractivity contribution in [1.29, 1.82) is 0 Å². The van der Waals surface area contributed by atoms with E-state index in [0.717, 1.165) is 12.1 Å². The summed E-state index contributed by atoms with van der Waals surface area (Å²) in [6.45, 7) is 5.70. The van der Waals surface area contributed by atoms with Crippen LogP contribution in [0.4, 0.5) is 0 Å². The highest BCUT2D eigenvalue weighted by Crippen LogP contribution is 2.32. The van der Waals surface area contributed by atoms with E-state index in [2.05, 4.69) is 5.32 Å². The Kier molecular flexibility index (Phi) is 6.79. The van der Waals surface area contributed by atoms with Crippen molar-refractivity contribution in [1.82, 2.24) is 5.32 Å². The lowest BCUT2D eigenvalue weighted by Crippen LogP contribution is -2.14. The summed E-state index contributed by atoms with van der Waals surface area (Å²) in [6, 6.07) is 3.50. The van der Waals surface area contributed by atoms with Gasteiger partial charge in [-0.25, -0.2) is 0 Å². The van der Waals surface area contributed by atoms with E-state index in [4.69, 9.17) is 27.9 Å². The quantitative estimate of drug-likeness (QED) is 0.810. The van der Waals surface area contributed by atoms with Crippen LogP contribution in [0.2, 0.25) is 10.0 Å². The molecule has 0 aliphatic rings. The van der Waals surface area contributed by atoms with Gasteiger partial charge in [0.1, 0.15) is 5.75 Å². The van der Waals surface area contributed by atoms with E-state index in [-0.39, 0.29) is 6.10 Å². The topological polar surface area (TPSA) is 41.5 Å². The fourth-order valence-corrected chi connectivity index (χ4v) is 2.09. The molecule has 1 atom stereocenters. The minimum absolute atomic E-state index is 0.381. The molecule has 102 valence electrons. The summed E-state index contributed by atoms with van der Waals surface area (Å²) in [5.41, 5.74) is 0.931. The van der Waals surface area contributed by atoms with Gasteiger partial charge in [0, 0.05) is 23.6 Å². The zero-order valence-corrected chi connectivity index (χ0v) is 12.2. The van der Waals surface area contributed by atoms with Crippen LogP contribution >= 0.6 is 23.2 Å². The number of aliphatic hydroxyl groups is 1. The standard InChI is InChI=1S/C13H19Cl2NO2/c1-3-16-8-10-6-11(14)7-12(15)13(10)18-5-4-9(2)17/h6-7,9,16-17H,3-5,8H2,1-2H3. The Morgan fingerprint density at radius 1 is 1.39 bits per heavy atom. The number of hydrogen-bond donors (Lipinski definition) is 2. The molecule has 0 bridgehead atoms. The molecule has 0 saturated carbocycles. The molecule has 0 aliphatic carbocycles. The van der Waals surface area contributed by atoms with Crippen LogP contribution < -0.4 is 10.1 Å². The number of benzene rings is 1. The van der Waals surface area contributed by atoms with E-state index < -0.39 is 0 Å². The molecule has 0 fully saturated rings. The van der Waals surface area contributed by atoms with Gasteiger partial charge in [-0.3, -0.25) is 0 Å². The molecular formula is C13H19Cl2NO2. The number of halogens is 2. The monoisotopic (exact) mass is 291 g/mol. The lowest BCUT2D eigenvalue weighted by molar-refractivity contribution is 0.155. The van der Waals surface area contributed by atoms with Crippen molar-refractivity contribution in [2.24, 2.45) is 0 Å². The third kappa shape index (κ3) is 5.02. The predicted molar refractivity (Wildman–Crippen MR) is 75.6 cm³/mol. The SMILES string of the molecule is CCNCc1cc(Cl)cc(Cl)c1OCCC(C)O. The third-order valence-electron chi connectivity index (χ3n) is 2.43. The molecule has 3 nitrogen and oxygen atoms in total. The zero-order chi connectivity index (χ0) is 13.5. The first-order valence-corrected chi connectivity index (χ1v) is 6.79. The maximum atomic E-state index is 9.21. The Balaban J connectivity index is 2.78. The highest BCUT2D eigenvalue weighted by Gasteiger charge is 2.11. The second-order valence-electron chi connectivity index (χ2n) is 4.14. The molecule has 0 heterocycles. The number of rotatable bonds is 7. The molecule has 1 aromatic rings. The summed E-state index contributed by atoms with van der Waals surface area (Å²) >= 11 is 12.1. The summed E-state index contributed by atoms with van der Waals surface area (Å²) in [6.07, 6.45) is 0.188. The Hall–Kier alpha value is -0.480. The molecule has 0 saturated heterocycles. The van der Waals surface area contributed by atoms with Crippen LogP contribution in [0.3, 0.4) is 0 Å². The fraction of sp³-hybridized carbons (Fsp3) is 0.538. The molecule has 18 heavy (non-hydrogen) atoms. The second kappa shape index (κ2) is 7.85. The molecule has 0 aliphatic heterocycles. The van der Waals surface area contributed by atoms with E-state index in [1.807, 2.05) is 13.0 Å². The first-order chi connectivity index (χ1) is 8.54. The van der Waals surface area contributed by atoms with Crippen LogP contribution in [0.5, 0.6) is 5.75 Å². The van der Waals surface area contributed by atoms with Crippen molar-refractivity contribution < 1.29 is 9.84 Å². The zero-order valence-electron chi connectivity index (χ0n) is 10.7. The number of nitrogens with one attached hydrogen (secondary N) is 1. The van der Waals surface area contributed by atoms with Crippen LogP contribution in [0.1, 0.15) is 25.8 Å². The van der Waals surface area contributed by atoms with Gasteiger partial charge in [-0.2, -0.15) is 0 Å². The molecule has 1 unspecified atom stereocenters. The van der Waals surface area contributed by atoms with Crippen LogP contribution in [0.25, 0.3) is 0 Å². The average Bonchev–Trinajstić information content (AvgIpc) is 2.28. The van der Waals surface area contributed by atoms with Gasteiger partial charge < -0.3 is 15.2 Å². The van der Waals surface area contributed by atoms with E-state index in [0.29, 0.717) is 35.4 Å². The van der Waals surface area contributed by atoms with Crippen LogP contribution in [0, 0.1) is 0 Å². The van der Waals surface area contributed by atoms with Gasteiger partial charge in [0.15, 0.2) is 0 Å². The van der Waals surface area contributed by atoms with E-state index >= 15 is 0 Å². The Labute approximate surface area is 118 Å². The Morgan fingerprint density at radius 3 is 2.72 bits per heavy atom. The van der Waals surface area contributed by atoms with E-state index in [9.17, 15) is 5.11 Å². The van der Waals surface area contributed by atoms with Crippen molar-refractivity contribution in [2.75, 3.05) is 13.2 Å². The first kappa shape index (κ1) is 15.6. The van der Waals surface area contributed by atoms with Crippen molar-refractivity contribution in [3.63, 3.8) is 0 Å². The summed E-state index contributed by atoms with van der Waals surface area (Å²) in [5.74, 6) is 0.641. The molecule has 0 amide bonds. The molecule has 5 heteroatoms. The van der Waals surface area contributed by atoms with Crippen molar-refractivity contribution in [3.8, 4) is 5.75 Å². The fourth-order valence-electron chi connectivity index (χ4n) is 1.50. The largest absolute Gasteiger partial charge is 0.492 e. The second-order valence-corrected chi connectivity index (χ2v) is 4.99. The van der Waals surface area contributed by atoms with Gasteiger partial charge in [-0.15, -0.1) is 0 Å². The normalized spacial score (nSPS) is 12.5. The summed E-state index contributed by atoms with van der Waals surface area (Å²) in [4.78, 5) is 0. The van der Waals surface area contributed by atoms with Crippen LogP contribution in [0.15, 0.2) is 12.1 Å². The lowest BCUT2D eigenvalue weighted by Gasteiger charge is -2.14. The maximum Gasteiger partial charge on any atom is 0.142 e. The van der Waals surface area contributed by atoms with Gasteiger partial charge in [0.05, 0.1) is 17.7 Å². The van der Waals surface area contributed by atoms with Gasteiger partial charge >= 0.3 is 0 Å². The first-order valence-electron chi connectivity index (χ1n) is 6.04. The van der Waals surface area contributed by atoms with Crippen LogP contribution in [-0.2, 0) is 6.54 Å². The van der Waals surface area contributed by atoms with Crippen molar-refractivity contribution in [3.05, 3.63) is 27.7 Å². The van der Waals surface area contributed by atoms with Crippen molar-refractivity contribution >= 4 is 23.2 Å². The van der Waals surface area contributed by atoms with Crippen molar-refractivity contribution in [2.45, 2.75) is 32.9 Å². The summed E-state index contributed by atoms with van der Waals surface area (Å²) < 4.78 is 5.64. The number of aliphatic hydroxyl groups excluding tert-OH is 1. The molecule has 0 aromatic heterocycles. The van der Waals surface area contributed by atoms with E-state index in [1.54, 1.807) is 13.0 Å².